The van der Waals surface area contributed by atoms with E-state index in [2.05, 4.69) is 20.6 Å². The average molecular weight is 405 g/mol. The third-order valence-corrected chi connectivity index (χ3v) is 5.42. The van der Waals surface area contributed by atoms with Crippen LogP contribution in [0.25, 0.3) is 11.4 Å². The first-order chi connectivity index (χ1) is 12.9. The Morgan fingerprint density at radius 1 is 1.30 bits per heavy atom. The second-order valence-corrected chi connectivity index (χ2v) is 7.45. The number of aryl methyl sites for hydroxylation is 2. The molecule has 0 spiro atoms. The van der Waals surface area contributed by atoms with Crippen LogP contribution < -0.4 is 5.32 Å². The van der Waals surface area contributed by atoms with Crippen molar-refractivity contribution in [2.75, 3.05) is 11.1 Å². The predicted octanol–water partition coefficient (Wildman–Crippen LogP) is 3.70. The summed E-state index contributed by atoms with van der Waals surface area (Å²) in [6.07, 6.45) is 0. The van der Waals surface area contributed by atoms with Gasteiger partial charge >= 0.3 is 0 Å². The summed E-state index contributed by atoms with van der Waals surface area (Å²) < 4.78 is 3.73. The molecular weight excluding hydrogens is 384 g/mol. The molecule has 1 amide bonds. The Morgan fingerprint density at radius 3 is 2.70 bits per heavy atom. The Morgan fingerprint density at radius 2 is 2.07 bits per heavy atom. The summed E-state index contributed by atoms with van der Waals surface area (Å²) in [5.41, 5.74) is 3.38. The maximum Gasteiger partial charge on any atom is 0.234 e. The maximum absolute atomic E-state index is 12.4. The molecule has 0 saturated carbocycles. The largest absolute Gasteiger partial charge is 0.322 e. The summed E-state index contributed by atoms with van der Waals surface area (Å²) in [5.74, 6) is 0.873. The number of nitrogens with one attached hydrogen (secondary N) is 1. The van der Waals surface area contributed by atoms with Gasteiger partial charge in [-0.05, 0) is 32.9 Å². The van der Waals surface area contributed by atoms with E-state index in [0.29, 0.717) is 16.7 Å². The normalized spacial score (nSPS) is 11.0. The fraction of sp³-hybridized carbons (Fsp3) is 0.333. The zero-order valence-corrected chi connectivity index (χ0v) is 17.2. The van der Waals surface area contributed by atoms with Gasteiger partial charge in [-0.15, -0.1) is 10.2 Å². The van der Waals surface area contributed by atoms with Crippen molar-refractivity contribution >= 4 is 35.0 Å². The molecule has 3 rings (SSSR count). The van der Waals surface area contributed by atoms with Crippen molar-refractivity contribution in [2.45, 2.75) is 32.5 Å². The van der Waals surface area contributed by atoms with Crippen molar-refractivity contribution in [3.63, 3.8) is 0 Å². The van der Waals surface area contributed by atoms with Crippen molar-refractivity contribution in [2.24, 2.45) is 7.05 Å². The van der Waals surface area contributed by atoms with Gasteiger partial charge in [0, 0.05) is 24.2 Å². The van der Waals surface area contributed by atoms with E-state index in [-0.39, 0.29) is 11.7 Å². The molecule has 0 aliphatic carbocycles. The van der Waals surface area contributed by atoms with E-state index in [1.807, 2.05) is 56.7 Å². The van der Waals surface area contributed by atoms with Gasteiger partial charge in [0.25, 0.3) is 0 Å². The number of hydrogen-bond acceptors (Lipinski definition) is 5. The highest BCUT2D eigenvalue weighted by atomic mass is 35.5. The third kappa shape index (κ3) is 4.17. The molecule has 7 nitrogen and oxygen atoms in total. The number of hydrogen-bond donors (Lipinski definition) is 1. The summed E-state index contributed by atoms with van der Waals surface area (Å²) in [6.45, 7) is 6.51. The average Bonchev–Trinajstić information content (AvgIpc) is 3.15. The number of halogens is 1. The van der Waals surface area contributed by atoms with Crippen LogP contribution in [0, 0.1) is 13.8 Å². The lowest BCUT2D eigenvalue weighted by Crippen LogP contribution is -2.15. The Bertz CT molecular complexity index is 980. The molecule has 1 aromatic carbocycles. The molecular formula is C18H21ClN6OS. The number of benzene rings is 1. The molecule has 0 saturated heterocycles. The molecule has 0 aliphatic rings. The smallest absolute Gasteiger partial charge is 0.234 e. The van der Waals surface area contributed by atoms with Crippen molar-refractivity contribution in [3.05, 3.63) is 40.7 Å². The van der Waals surface area contributed by atoms with Crippen LogP contribution in [0.1, 0.15) is 18.3 Å². The zero-order valence-electron chi connectivity index (χ0n) is 15.7. The number of anilines is 1. The summed E-state index contributed by atoms with van der Waals surface area (Å²) in [6, 6.07) is 7.50. The number of aromatic nitrogens is 5. The second kappa shape index (κ2) is 8.14. The third-order valence-electron chi connectivity index (χ3n) is 4.22. The highest BCUT2D eigenvalue weighted by Gasteiger charge is 2.16. The first-order valence-electron chi connectivity index (χ1n) is 8.52. The Labute approximate surface area is 167 Å². The first-order valence-corrected chi connectivity index (χ1v) is 9.89. The van der Waals surface area contributed by atoms with Crippen LogP contribution in [0.5, 0.6) is 0 Å². The van der Waals surface area contributed by atoms with Gasteiger partial charge in [0.05, 0.1) is 22.8 Å². The van der Waals surface area contributed by atoms with Crippen LogP contribution in [0.15, 0.2) is 29.4 Å². The van der Waals surface area contributed by atoms with Crippen LogP contribution in [0.4, 0.5) is 5.69 Å². The summed E-state index contributed by atoms with van der Waals surface area (Å²) in [7, 11) is 1.85. The number of carbonyl (C=O) groups is 1. The molecule has 2 heterocycles. The van der Waals surface area contributed by atoms with Gasteiger partial charge in [-0.1, -0.05) is 35.5 Å². The minimum atomic E-state index is -0.103. The van der Waals surface area contributed by atoms with E-state index in [1.165, 1.54) is 11.8 Å². The molecule has 0 bridgehead atoms. The standard InChI is InChI=1S/C18H21ClN6OS/c1-5-25-17(13-7-6-8-14(19)9-13)21-22-18(25)27-10-15(26)20-16-11(2)23-24(4)12(16)3/h6-9H,5,10H2,1-4H3,(H,20,26). The summed E-state index contributed by atoms with van der Waals surface area (Å²) >= 11 is 7.44. The molecule has 0 radical (unpaired) electrons. The molecule has 142 valence electrons. The van der Waals surface area contributed by atoms with E-state index in [0.717, 1.165) is 28.5 Å². The number of thioether (sulfide) groups is 1. The Balaban J connectivity index is 1.72. The Kier molecular flexibility index (Phi) is 5.86. The van der Waals surface area contributed by atoms with Gasteiger partial charge < -0.3 is 9.88 Å². The number of amides is 1. The lowest BCUT2D eigenvalue weighted by atomic mass is 10.2. The quantitative estimate of drug-likeness (QED) is 0.634. The number of carbonyl (C=O) groups excluding carboxylic acids is 1. The van der Waals surface area contributed by atoms with Gasteiger partial charge in [-0.2, -0.15) is 5.10 Å². The summed E-state index contributed by atoms with van der Waals surface area (Å²) in [4.78, 5) is 12.4. The van der Waals surface area contributed by atoms with Gasteiger partial charge in [0.15, 0.2) is 11.0 Å². The molecule has 0 aliphatic heterocycles. The van der Waals surface area contributed by atoms with Crippen LogP contribution in [0.2, 0.25) is 5.02 Å². The fourth-order valence-electron chi connectivity index (χ4n) is 2.78. The van der Waals surface area contributed by atoms with Gasteiger partial charge in [-0.3, -0.25) is 9.48 Å². The summed E-state index contributed by atoms with van der Waals surface area (Å²) in [5, 5.41) is 17.1. The minimum absolute atomic E-state index is 0.103. The van der Waals surface area contributed by atoms with Crippen LogP contribution >= 0.6 is 23.4 Å². The highest BCUT2D eigenvalue weighted by molar-refractivity contribution is 7.99. The predicted molar refractivity (Wildman–Crippen MR) is 108 cm³/mol. The van der Waals surface area contributed by atoms with Crippen LogP contribution in [0.3, 0.4) is 0 Å². The minimum Gasteiger partial charge on any atom is -0.322 e. The molecule has 9 heteroatoms. The van der Waals surface area contributed by atoms with Crippen molar-refractivity contribution < 1.29 is 4.79 Å². The van der Waals surface area contributed by atoms with Crippen LogP contribution in [-0.2, 0) is 18.4 Å². The lowest BCUT2D eigenvalue weighted by molar-refractivity contribution is -0.113. The van der Waals surface area contributed by atoms with Crippen molar-refractivity contribution in [1.29, 1.82) is 0 Å². The molecule has 0 fully saturated rings. The SMILES string of the molecule is CCn1c(SCC(=O)Nc2c(C)nn(C)c2C)nnc1-c1cccc(Cl)c1. The van der Waals surface area contributed by atoms with Gasteiger partial charge in [0.2, 0.25) is 5.91 Å². The van der Waals surface area contributed by atoms with E-state index in [1.54, 1.807) is 4.68 Å². The highest BCUT2D eigenvalue weighted by Crippen LogP contribution is 2.26. The maximum atomic E-state index is 12.4. The monoisotopic (exact) mass is 404 g/mol. The fourth-order valence-corrected chi connectivity index (χ4v) is 3.77. The van der Waals surface area contributed by atoms with Gasteiger partial charge in [0.1, 0.15) is 0 Å². The van der Waals surface area contributed by atoms with E-state index < -0.39 is 0 Å². The second-order valence-electron chi connectivity index (χ2n) is 6.07. The van der Waals surface area contributed by atoms with E-state index >= 15 is 0 Å². The molecule has 1 N–H and O–H groups in total. The zero-order chi connectivity index (χ0) is 19.6. The molecule has 2 aromatic heterocycles. The molecule has 0 atom stereocenters. The Hall–Kier alpha value is -2.32. The topological polar surface area (TPSA) is 77.6 Å². The molecule has 27 heavy (non-hydrogen) atoms. The van der Waals surface area contributed by atoms with E-state index in [9.17, 15) is 4.79 Å². The van der Waals surface area contributed by atoms with Crippen molar-refractivity contribution in [1.82, 2.24) is 24.5 Å². The lowest BCUT2D eigenvalue weighted by Gasteiger charge is -2.08. The van der Waals surface area contributed by atoms with Gasteiger partial charge in [-0.25, -0.2) is 0 Å². The number of nitrogens with zero attached hydrogens (tertiary/aromatic N) is 5. The number of rotatable bonds is 6. The van der Waals surface area contributed by atoms with Crippen molar-refractivity contribution in [3.8, 4) is 11.4 Å². The van der Waals surface area contributed by atoms with E-state index in [4.69, 9.17) is 11.6 Å². The first kappa shape index (κ1) is 19.4. The molecule has 3 aromatic rings. The molecule has 0 unspecified atom stereocenters. The van der Waals surface area contributed by atoms with Crippen LogP contribution in [-0.4, -0.2) is 36.2 Å².